The molecule has 17 heavy (non-hydrogen) atoms. The third-order valence-electron chi connectivity index (χ3n) is 3.24. The summed E-state index contributed by atoms with van der Waals surface area (Å²) in [6.45, 7) is 1.55. The van der Waals surface area contributed by atoms with Crippen molar-refractivity contribution in [3.8, 4) is 0 Å². The van der Waals surface area contributed by atoms with Gasteiger partial charge < -0.3 is 5.11 Å². The van der Waals surface area contributed by atoms with Gasteiger partial charge in [-0.05, 0) is 5.56 Å². The summed E-state index contributed by atoms with van der Waals surface area (Å²) in [5.74, 6) is -2.22. The largest absolute Gasteiger partial charge is 0.481 e. The molecule has 0 saturated heterocycles. The summed E-state index contributed by atoms with van der Waals surface area (Å²) < 4.78 is 23.6. The number of hydrogen-bond acceptors (Lipinski definition) is 3. The highest BCUT2D eigenvalue weighted by atomic mass is 32.2. The molecule has 0 aliphatic heterocycles. The SMILES string of the molecule is CCS(=O)(=O)C1C(C(=O)O)C1c1ccccc1. The minimum atomic E-state index is -3.30. The molecule has 1 aromatic rings. The Hall–Kier alpha value is -1.36. The molecule has 0 amide bonds. The lowest BCUT2D eigenvalue weighted by Crippen LogP contribution is -2.14. The van der Waals surface area contributed by atoms with E-state index in [-0.39, 0.29) is 5.75 Å². The number of rotatable bonds is 4. The molecule has 3 unspecified atom stereocenters. The zero-order valence-electron chi connectivity index (χ0n) is 9.41. The van der Waals surface area contributed by atoms with Gasteiger partial charge in [-0.15, -0.1) is 0 Å². The summed E-state index contributed by atoms with van der Waals surface area (Å²) in [5, 5.41) is 8.29. The van der Waals surface area contributed by atoms with Crippen molar-refractivity contribution in [1.82, 2.24) is 0 Å². The highest BCUT2D eigenvalue weighted by Crippen LogP contribution is 2.52. The van der Waals surface area contributed by atoms with E-state index in [9.17, 15) is 13.2 Å². The summed E-state index contributed by atoms with van der Waals surface area (Å²) in [4.78, 5) is 11.1. The summed E-state index contributed by atoms with van der Waals surface area (Å²) in [6, 6.07) is 8.98. The van der Waals surface area contributed by atoms with Crippen LogP contribution in [0.4, 0.5) is 0 Å². The van der Waals surface area contributed by atoms with Crippen molar-refractivity contribution >= 4 is 15.8 Å². The Kier molecular flexibility index (Phi) is 2.95. The fraction of sp³-hybridized carbons (Fsp3) is 0.417. The molecule has 4 nitrogen and oxygen atoms in total. The van der Waals surface area contributed by atoms with Gasteiger partial charge in [0.2, 0.25) is 0 Å². The van der Waals surface area contributed by atoms with Gasteiger partial charge in [-0.1, -0.05) is 37.3 Å². The molecule has 1 N–H and O–H groups in total. The van der Waals surface area contributed by atoms with Gasteiger partial charge in [-0.25, -0.2) is 8.42 Å². The number of benzene rings is 1. The van der Waals surface area contributed by atoms with E-state index < -0.39 is 32.9 Å². The van der Waals surface area contributed by atoms with Gasteiger partial charge in [0, 0.05) is 11.7 Å². The van der Waals surface area contributed by atoms with E-state index in [0.29, 0.717) is 0 Å². The first-order valence-electron chi connectivity index (χ1n) is 5.48. The number of carbonyl (C=O) groups is 1. The van der Waals surface area contributed by atoms with Crippen LogP contribution in [0.25, 0.3) is 0 Å². The topological polar surface area (TPSA) is 71.4 Å². The summed E-state index contributed by atoms with van der Waals surface area (Å²) in [6.07, 6.45) is 0. The maximum absolute atomic E-state index is 11.8. The molecular formula is C12H14O4S. The van der Waals surface area contributed by atoms with Crippen molar-refractivity contribution in [3.63, 3.8) is 0 Å². The second-order valence-electron chi connectivity index (χ2n) is 4.22. The number of carboxylic acid groups (broad SMARTS) is 1. The van der Waals surface area contributed by atoms with Crippen molar-refractivity contribution in [2.75, 3.05) is 5.75 Å². The first-order chi connectivity index (χ1) is 7.99. The molecule has 2 rings (SSSR count). The van der Waals surface area contributed by atoms with Crippen molar-refractivity contribution in [1.29, 1.82) is 0 Å². The Bertz CT molecular complexity index is 521. The van der Waals surface area contributed by atoms with Crippen LogP contribution in [-0.4, -0.2) is 30.5 Å². The minimum Gasteiger partial charge on any atom is -0.481 e. The maximum Gasteiger partial charge on any atom is 0.308 e. The zero-order chi connectivity index (χ0) is 12.6. The molecule has 1 aromatic carbocycles. The molecule has 0 spiro atoms. The third-order valence-corrected chi connectivity index (χ3v) is 5.46. The second kappa shape index (κ2) is 4.14. The summed E-state index contributed by atoms with van der Waals surface area (Å²) >= 11 is 0. The van der Waals surface area contributed by atoms with Crippen LogP contribution in [-0.2, 0) is 14.6 Å². The van der Waals surface area contributed by atoms with Gasteiger partial charge in [0.05, 0.1) is 11.2 Å². The molecule has 0 aromatic heterocycles. The van der Waals surface area contributed by atoms with Crippen molar-refractivity contribution < 1.29 is 18.3 Å². The molecule has 0 radical (unpaired) electrons. The highest BCUT2D eigenvalue weighted by molar-refractivity contribution is 7.92. The summed E-state index contributed by atoms with van der Waals surface area (Å²) in [5.41, 5.74) is 0.793. The number of hydrogen-bond donors (Lipinski definition) is 1. The monoisotopic (exact) mass is 254 g/mol. The smallest absolute Gasteiger partial charge is 0.308 e. The predicted octanol–water partition coefficient (Wildman–Crippen LogP) is 1.29. The van der Waals surface area contributed by atoms with Crippen LogP contribution >= 0.6 is 0 Å². The Morgan fingerprint density at radius 3 is 2.35 bits per heavy atom. The van der Waals surface area contributed by atoms with Crippen LogP contribution in [0.15, 0.2) is 30.3 Å². The van der Waals surface area contributed by atoms with Crippen molar-refractivity contribution in [3.05, 3.63) is 35.9 Å². The van der Waals surface area contributed by atoms with Crippen LogP contribution in [0.5, 0.6) is 0 Å². The van der Waals surface area contributed by atoms with Gasteiger partial charge in [0.1, 0.15) is 0 Å². The molecular weight excluding hydrogens is 240 g/mol. The average molecular weight is 254 g/mol. The van der Waals surface area contributed by atoms with E-state index in [1.165, 1.54) is 0 Å². The standard InChI is InChI=1S/C12H14O4S/c1-2-17(15,16)11-9(10(11)12(13)14)8-6-4-3-5-7-8/h3-7,9-11H,2H2,1H3,(H,13,14). The molecule has 1 fully saturated rings. The maximum atomic E-state index is 11.8. The Balaban J connectivity index is 2.34. The van der Waals surface area contributed by atoms with E-state index in [2.05, 4.69) is 0 Å². The molecule has 5 heteroatoms. The molecule has 0 bridgehead atoms. The lowest BCUT2D eigenvalue weighted by molar-refractivity contribution is -0.138. The zero-order valence-corrected chi connectivity index (χ0v) is 10.2. The number of sulfone groups is 1. The van der Waals surface area contributed by atoms with Crippen molar-refractivity contribution in [2.45, 2.75) is 18.1 Å². The quantitative estimate of drug-likeness (QED) is 0.878. The number of aliphatic carboxylic acids is 1. The lowest BCUT2D eigenvalue weighted by Gasteiger charge is -1.99. The van der Waals surface area contributed by atoms with Crippen LogP contribution in [0.3, 0.4) is 0 Å². The van der Waals surface area contributed by atoms with E-state index >= 15 is 0 Å². The Labute approximate surface area is 100 Å². The van der Waals surface area contributed by atoms with E-state index in [0.717, 1.165) is 5.56 Å². The van der Waals surface area contributed by atoms with Gasteiger partial charge in [-0.2, -0.15) is 0 Å². The van der Waals surface area contributed by atoms with E-state index in [1.54, 1.807) is 31.2 Å². The van der Waals surface area contributed by atoms with Crippen LogP contribution in [0.1, 0.15) is 18.4 Å². The molecule has 1 aliphatic rings. The lowest BCUT2D eigenvalue weighted by atomic mass is 10.1. The van der Waals surface area contributed by atoms with E-state index in [4.69, 9.17) is 5.11 Å². The second-order valence-corrected chi connectivity index (χ2v) is 6.66. The fourth-order valence-corrected chi connectivity index (χ4v) is 4.09. The normalized spacial score (nSPS) is 27.7. The van der Waals surface area contributed by atoms with Gasteiger partial charge in [-0.3, -0.25) is 4.79 Å². The summed E-state index contributed by atoms with van der Waals surface area (Å²) in [7, 11) is -3.30. The van der Waals surface area contributed by atoms with Crippen LogP contribution in [0.2, 0.25) is 0 Å². The molecule has 0 heterocycles. The van der Waals surface area contributed by atoms with Crippen LogP contribution < -0.4 is 0 Å². The fourth-order valence-electron chi connectivity index (χ4n) is 2.29. The van der Waals surface area contributed by atoms with Gasteiger partial charge >= 0.3 is 5.97 Å². The molecule has 3 atom stereocenters. The molecule has 92 valence electrons. The average Bonchev–Trinajstić information content (AvgIpc) is 3.06. The van der Waals surface area contributed by atoms with Gasteiger partial charge in [0.15, 0.2) is 9.84 Å². The first-order valence-corrected chi connectivity index (χ1v) is 7.20. The highest BCUT2D eigenvalue weighted by Gasteiger charge is 2.62. The van der Waals surface area contributed by atoms with Gasteiger partial charge in [0.25, 0.3) is 0 Å². The van der Waals surface area contributed by atoms with E-state index in [1.807, 2.05) is 6.07 Å². The first kappa shape index (κ1) is 12.1. The molecule has 1 saturated carbocycles. The van der Waals surface area contributed by atoms with Crippen LogP contribution in [0, 0.1) is 5.92 Å². The predicted molar refractivity (Wildman–Crippen MR) is 63.6 cm³/mol. The third kappa shape index (κ3) is 2.07. The van der Waals surface area contributed by atoms with Crippen molar-refractivity contribution in [2.24, 2.45) is 5.92 Å². The minimum absolute atomic E-state index is 0.00915. The Morgan fingerprint density at radius 2 is 1.88 bits per heavy atom. The number of carboxylic acids is 1. The Morgan fingerprint density at radius 1 is 1.29 bits per heavy atom. The molecule has 1 aliphatic carbocycles.